The van der Waals surface area contributed by atoms with Crippen LogP contribution in [-0.2, 0) is 26.2 Å². The molecule has 0 saturated heterocycles. The molecule has 0 radical (unpaired) electrons. The number of amides is 2. The molecule has 2 amide bonds. The van der Waals surface area contributed by atoms with E-state index in [1.807, 2.05) is 45.0 Å². The monoisotopic (exact) mass is 573 g/mol. The van der Waals surface area contributed by atoms with Crippen LogP contribution >= 0.6 is 11.6 Å². The number of rotatable bonds is 11. The molecule has 3 aromatic rings. The van der Waals surface area contributed by atoms with E-state index in [2.05, 4.69) is 5.32 Å². The van der Waals surface area contributed by atoms with Gasteiger partial charge < -0.3 is 10.2 Å². The molecule has 0 aliphatic heterocycles. The molecule has 0 saturated carbocycles. The minimum absolute atomic E-state index is 0.0193. The summed E-state index contributed by atoms with van der Waals surface area (Å²) >= 11 is 5.98. The number of benzene rings is 3. The van der Waals surface area contributed by atoms with Gasteiger partial charge in [-0.05, 0) is 55.7 Å². The summed E-state index contributed by atoms with van der Waals surface area (Å²) in [4.78, 5) is 28.1. The number of aryl methyl sites for hydroxylation is 1. The molecule has 208 valence electrons. The first-order valence-electron chi connectivity index (χ1n) is 12.6. The van der Waals surface area contributed by atoms with Crippen molar-refractivity contribution in [1.82, 2.24) is 10.2 Å². The Kier molecular flexibility index (Phi) is 10.1. The lowest BCUT2D eigenvalue weighted by molar-refractivity contribution is -0.139. The average molecular weight is 574 g/mol. The summed E-state index contributed by atoms with van der Waals surface area (Å²) < 4.78 is 42.2. The Morgan fingerprint density at radius 3 is 2.21 bits per heavy atom. The maximum atomic E-state index is 13.9. The molecule has 0 heterocycles. The molecule has 1 atom stereocenters. The van der Waals surface area contributed by atoms with Crippen molar-refractivity contribution in [1.29, 1.82) is 0 Å². The Morgan fingerprint density at radius 1 is 0.974 bits per heavy atom. The first kappa shape index (κ1) is 30.1. The highest BCUT2D eigenvalue weighted by molar-refractivity contribution is 7.92. The van der Waals surface area contributed by atoms with Crippen molar-refractivity contribution in [3.63, 3.8) is 0 Å². The van der Waals surface area contributed by atoms with E-state index in [1.54, 1.807) is 25.1 Å². The van der Waals surface area contributed by atoms with Gasteiger partial charge in [0.2, 0.25) is 11.8 Å². The molecule has 0 aromatic heterocycles. The van der Waals surface area contributed by atoms with Crippen molar-refractivity contribution in [2.75, 3.05) is 17.4 Å². The summed E-state index contributed by atoms with van der Waals surface area (Å²) in [5, 5.41) is 2.56. The minimum Gasteiger partial charge on any atom is -0.354 e. The Balaban J connectivity index is 2.02. The van der Waals surface area contributed by atoms with Crippen molar-refractivity contribution in [2.45, 2.75) is 45.2 Å². The van der Waals surface area contributed by atoms with Crippen LogP contribution in [0.4, 0.5) is 10.1 Å². The van der Waals surface area contributed by atoms with Gasteiger partial charge in [0, 0.05) is 13.1 Å². The van der Waals surface area contributed by atoms with E-state index >= 15 is 0 Å². The molecule has 39 heavy (non-hydrogen) atoms. The van der Waals surface area contributed by atoms with Crippen LogP contribution in [0.15, 0.2) is 77.7 Å². The van der Waals surface area contributed by atoms with E-state index in [-0.39, 0.29) is 34.0 Å². The number of hydrogen-bond acceptors (Lipinski definition) is 4. The maximum Gasteiger partial charge on any atom is 0.264 e. The predicted octanol–water partition coefficient (Wildman–Crippen LogP) is 5.17. The predicted molar refractivity (Wildman–Crippen MR) is 151 cm³/mol. The van der Waals surface area contributed by atoms with Gasteiger partial charge in [0.1, 0.15) is 18.4 Å². The molecule has 0 fully saturated rings. The summed E-state index contributed by atoms with van der Waals surface area (Å²) in [6, 6.07) is 17.7. The summed E-state index contributed by atoms with van der Waals surface area (Å²) in [5.41, 5.74) is 1.83. The van der Waals surface area contributed by atoms with Crippen LogP contribution in [0.2, 0.25) is 5.02 Å². The maximum absolute atomic E-state index is 13.9. The van der Waals surface area contributed by atoms with Crippen LogP contribution in [0, 0.1) is 18.7 Å². The third kappa shape index (κ3) is 7.80. The highest BCUT2D eigenvalue weighted by Crippen LogP contribution is 2.28. The Morgan fingerprint density at radius 2 is 1.62 bits per heavy atom. The molecule has 0 unspecified atom stereocenters. The van der Waals surface area contributed by atoms with Crippen molar-refractivity contribution in [2.24, 2.45) is 5.92 Å². The first-order valence-corrected chi connectivity index (χ1v) is 14.4. The largest absolute Gasteiger partial charge is 0.354 e. The second-order valence-corrected chi connectivity index (χ2v) is 12.0. The zero-order valence-electron chi connectivity index (χ0n) is 22.4. The fraction of sp³-hybridized carbons (Fsp3) is 0.310. The van der Waals surface area contributed by atoms with E-state index in [0.29, 0.717) is 6.54 Å². The number of anilines is 1. The van der Waals surface area contributed by atoms with Crippen molar-refractivity contribution >= 4 is 39.1 Å². The van der Waals surface area contributed by atoms with Gasteiger partial charge in [-0.2, -0.15) is 0 Å². The number of sulfonamides is 1. The molecular weight excluding hydrogens is 541 g/mol. The third-order valence-corrected chi connectivity index (χ3v) is 8.20. The number of halogens is 2. The van der Waals surface area contributed by atoms with Crippen LogP contribution in [0.3, 0.4) is 0 Å². The normalized spacial score (nSPS) is 12.2. The van der Waals surface area contributed by atoms with Gasteiger partial charge in [-0.25, -0.2) is 12.8 Å². The molecule has 0 aliphatic carbocycles. The fourth-order valence-corrected chi connectivity index (χ4v) is 5.42. The molecule has 7 nitrogen and oxygen atoms in total. The van der Waals surface area contributed by atoms with Gasteiger partial charge in [-0.3, -0.25) is 13.9 Å². The van der Waals surface area contributed by atoms with Gasteiger partial charge in [-0.1, -0.05) is 73.5 Å². The fourth-order valence-electron chi connectivity index (χ4n) is 3.81. The molecule has 1 N–H and O–H groups in total. The van der Waals surface area contributed by atoms with Crippen LogP contribution < -0.4 is 9.62 Å². The summed E-state index contributed by atoms with van der Waals surface area (Å²) in [5.74, 6) is -1.48. The topological polar surface area (TPSA) is 86.8 Å². The number of carbonyl (C=O) groups excluding carboxylic acids is 2. The third-order valence-electron chi connectivity index (χ3n) is 6.13. The smallest absolute Gasteiger partial charge is 0.264 e. The number of carbonyl (C=O) groups is 2. The van der Waals surface area contributed by atoms with Gasteiger partial charge in [0.05, 0.1) is 15.6 Å². The number of hydrogen-bond donors (Lipinski definition) is 1. The van der Waals surface area contributed by atoms with Crippen LogP contribution in [0.25, 0.3) is 0 Å². The van der Waals surface area contributed by atoms with E-state index in [1.165, 1.54) is 23.1 Å². The van der Waals surface area contributed by atoms with Crippen molar-refractivity contribution in [3.05, 3.63) is 94.8 Å². The lowest BCUT2D eigenvalue weighted by Gasteiger charge is -2.32. The first-order chi connectivity index (χ1) is 18.4. The van der Waals surface area contributed by atoms with Gasteiger partial charge in [0.15, 0.2) is 0 Å². The van der Waals surface area contributed by atoms with Gasteiger partial charge in [0.25, 0.3) is 10.0 Å². The lowest BCUT2D eigenvalue weighted by Crippen LogP contribution is -2.51. The minimum atomic E-state index is -4.25. The van der Waals surface area contributed by atoms with Gasteiger partial charge >= 0.3 is 0 Å². The molecule has 0 spiro atoms. The van der Waals surface area contributed by atoms with E-state index in [4.69, 9.17) is 11.6 Å². The van der Waals surface area contributed by atoms with E-state index in [9.17, 15) is 22.4 Å². The zero-order chi connectivity index (χ0) is 28.7. The van der Waals surface area contributed by atoms with E-state index < -0.39 is 34.3 Å². The van der Waals surface area contributed by atoms with Gasteiger partial charge in [-0.15, -0.1) is 0 Å². The summed E-state index contributed by atoms with van der Waals surface area (Å²) in [6.45, 7) is 7.34. The highest BCUT2D eigenvalue weighted by Gasteiger charge is 2.32. The van der Waals surface area contributed by atoms with Crippen LogP contribution in [-0.4, -0.2) is 44.3 Å². The molecule has 3 aromatic carbocycles. The number of nitrogens with one attached hydrogen (secondary N) is 1. The average Bonchev–Trinajstić information content (AvgIpc) is 2.91. The highest BCUT2D eigenvalue weighted by atomic mass is 35.5. The van der Waals surface area contributed by atoms with Crippen molar-refractivity contribution in [3.8, 4) is 0 Å². The lowest BCUT2D eigenvalue weighted by atomic mass is 10.1. The van der Waals surface area contributed by atoms with Crippen LogP contribution in [0.5, 0.6) is 0 Å². The molecule has 0 aliphatic rings. The van der Waals surface area contributed by atoms with Crippen molar-refractivity contribution < 1.29 is 22.4 Å². The Bertz CT molecular complexity index is 1400. The molecular formula is C29H33ClFN3O4S. The summed E-state index contributed by atoms with van der Waals surface area (Å²) in [7, 11) is -4.25. The van der Waals surface area contributed by atoms with Crippen LogP contribution in [0.1, 0.15) is 31.9 Å². The Hall–Kier alpha value is -3.43. The summed E-state index contributed by atoms with van der Waals surface area (Å²) in [6.07, 6.45) is 0. The second kappa shape index (κ2) is 13.1. The zero-order valence-corrected chi connectivity index (χ0v) is 24.0. The molecule has 0 bridgehead atoms. The second-order valence-electron chi connectivity index (χ2n) is 9.75. The molecule has 3 rings (SSSR count). The van der Waals surface area contributed by atoms with E-state index in [0.717, 1.165) is 27.6 Å². The SMILES string of the molecule is Cc1ccc(CN(C(=O)CN(c2ccc(F)c(Cl)c2)S(=O)(=O)c2ccccc2)[C@H](C)C(=O)NCC(C)C)cc1. The number of nitrogens with zero attached hydrogens (tertiary/aromatic N) is 2. The standard InChI is InChI=1S/C29H33ClFN3O4S/c1-20(2)17-32-29(36)22(4)33(18-23-12-10-21(3)11-13-23)28(35)19-34(24-14-15-27(31)26(30)16-24)39(37,38)25-8-6-5-7-9-25/h5-16,20,22H,17-19H2,1-4H3,(H,32,36)/t22-/m1/s1. The Labute approximate surface area is 234 Å². The molecule has 10 heteroatoms. The quantitative estimate of drug-likeness (QED) is 0.343.